The molecule has 0 spiro atoms. The van der Waals surface area contributed by atoms with Crippen LogP contribution < -0.4 is 9.62 Å². The van der Waals surface area contributed by atoms with Crippen molar-refractivity contribution >= 4 is 27.5 Å². The molecule has 0 saturated heterocycles. The van der Waals surface area contributed by atoms with E-state index in [2.05, 4.69) is 5.32 Å². The predicted molar refractivity (Wildman–Crippen MR) is 142 cm³/mol. The van der Waals surface area contributed by atoms with Crippen molar-refractivity contribution in [1.82, 2.24) is 10.2 Å². The quantitative estimate of drug-likeness (QED) is 0.476. The zero-order valence-corrected chi connectivity index (χ0v) is 22.6. The highest BCUT2D eigenvalue weighted by Crippen LogP contribution is 2.20. The van der Waals surface area contributed by atoms with Gasteiger partial charge < -0.3 is 10.2 Å². The number of anilines is 1. The number of rotatable bonds is 12. The van der Waals surface area contributed by atoms with Crippen molar-refractivity contribution in [2.24, 2.45) is 5.92 Å². The Bertz CT molecular complexity index is 1080. The number of aryl methyl sites for hydroxylation is 2. The van der Waals surface area contributed by atoms with E-state index in [0.717, 1.165) is 16.7 Å². The summed E-state index contributed by atoms with van der Waals surface area (Å²) in [6.45, 7) is 10.7. The Hall–Kier alpha value is -2.87. The number of hydrogen-bond acceptors (Lipinski definition) is 4. The minimum absolute atomic E-state index is 0.130. The van der Waals surface area contributed by atoms with E-state index in [9.17, 15) is 18.0 Å². The molecule has 0 radical (unpaired) electrons. The van der Waals surface area contributed by atoms with Crippen LogP contribution in [0.5, 0.6) is 0 Å². The van der Waals surface area contributed by atoms with Gasteiger partial charge >= 0.3 is 0 Å². The van der Waals surface area contributed by atoms with E-state index in [4.69, 9.17) is 0 Å². The summed E-state index contributed by atoms with van der Waals surface area (Å²) in [5.41, 5.74) is 3.66. The molecule has 35 heavy (non-hydrogen) atoms. The normalized spacial score (nSPS) is 12.3. The Morgan fingerprint density at radius 2 is 1.46 bits per heavy atom. The molecule has 192 valence electrons. The first-order chi connectivity index (χ1) is 16.4. The average molecular weight is 502 g/mol. The van der Waals surface area contributed by atoms with Crippen LogP contribution in [-0.4, -0.2) is 50.5 Å². The third kappa shape index (κ3) is 9.02. The first kappa shape index (κ1) is 28.4. The van der Waals surface area contributed by atoms with E-state index in [1.165, 1.54) is 10.6 Å². The molecular formula is C27H39N3O4S. The molecule has 0 heterocycles. The Kier molecular flexibility index (Phi) is 10.3. The van der Waals surface area contributed by atoms with Crippen LogP contribution in [0, 0.1) is 19.8 Å². The van der Waals surface area contributed by atoms with Crippen LogP contribution in [0.3, 0.4) is 0 Å². The lowest BCUT2D eigenvalue weighted by Crippen LogP contribution is -2.48. The molecule has 7 nitrogen and oxygen atoms in total. The van der Waals surface area contributed by atoms with Gasteiger partial charge in [-0.15, -0.1) is 0 Å². The smallest absolute Gasteiger partial charge is 0.242 e. The second kappa shape index (κ2) is 12.7. The number of carbonyl (C=O) groups excluding carboxylic acids is 2. The summed E-state index contributed by atoms with van der Waals surface area (Å²) in [6, 6.07) is 14.5. The molecule has 2 aromatic rings. The summed E-state index contributed by atoms with van der Waals surface area (Å²) in [5, 5.41) is 2.91. The van der Waals surface area contributed by atoms with E-state index < -0.39 is 16.1 Å². The van der Waals surface area contributed by atoms with E-state index in [0.29, 0.717) is 31.1 Å². The van der Waals surface area contributed by atoms with Gasteiger partial charge in [0.25, 0.3) is 0 Å². The second-order valence-corrected chi connectivity index (χ2v) is 11.5. The van der Waals surface area contributed by atoms with E-state index in [-0.39, 0.29) is 24.8 Å². The molecule has 0 bridgehead atoms. The molecule has 0 fully saturated rings. The molecule has 8 heteroatoms. The third-order valence-corrected chi connectivity index (χ3v) is 6.99. The Balaban J connectivity index is 2.14. The third-order valence-electron chi connectivity index (χ3n) is 5.80. The SMILES string of the molecule is Cc1ccc(CN(C(=O)CCCN(c2ccc(C)cc2)S(C)(=O)=O)C(C)C(=O)NCC(C)C)cc1. The summed E-state index contributed by atoms with van der Waals surface area (Å²) in [4.78, 5) is 27.6. The lowest BCUT2D eigenvalue weighted by atomic mass is 10.1. The van der Waals surface area contributed by atoms with Gasteiger partial charge in [0, 0.05) is 26.1 Å². The van der Waals surface area contributed by atoms with Crippen molar-refractivity contribution in [3.8, 4) is 0 Å². The van der Waals surface area contributed by atoms with Crippen molar-refractivity contribution < 1.29 is 18.0 Å². The van der Waals surface area contributed by atoms with Crippen molar-refractivity contribution in [1.29, 1.82) is 0 Å². The molecule has 1 N–H and O–H groups in total. The predicted octanol–water partition coefficient (Wildman–Crippen LogP) is 4.04. The lowest BCUT2D eigenvalue weighted by molar-refractivity contribution is -0.140. The average Bonchev–Trinajstić information content (AvgIpc) is 2.79. The largest absolute Gasteiger partial charge is 0.354 e. The molecule has 2 amide bonds. The minimum atomic E-state index is -3.50. The van der Waals surface area contributed by atoms with Gasteiger partial charge in [0.15, 0.2) is 0 Å². The first-order valence-corrected chi connectivity index (χ1v) is 13.9. The molecule has 2 aromatic carbocycles. The Labute approximate surface area is 210 Å². The first-order valence-electron chi connectivity index (χ1n) is 12.1. The van der Waals surface area contributed by atoms with Gasteiger partial charge in [-0.2, -0.15) is 0 Å². The maximum Gasteiger partial charge on any atom is 0.242 e. The molecule has 0 aliphatic heterocycles. The molecule has 0 aliphatic carbocycles. The van der Waals surface area contributed by atoms with Gasteiger partial charge in [-0.05, 0) is 50.8 Å². The highest BCUT2D eigenvalue weighted by atomic mass is 32.2. The summed E-state index contributed by atoms with van der Waals surface area (Å²) in [5.74, 6) is -0.0807. The van der Waals surface area contributed by atoms with Crippen molar-refractivity contribution in [3.63, 3.8) is 0 Å². The number of amides is 2. The van der Waals surface area contributed by atoms with Gasteiger partial charge in [-0.3, -0.25) is 13.9 Å². The zero-order chi connectivity index (χ0) is 26.2. The van der Waals surface area contributed by atoms with Crippen LogP contribution in [-0.2, 0) is 26.2 Å². The van der Waals surface area contributed by atoms with Gasteiger partial charge in [0.1, 0.15) is 6.04 Å². The summed E-state index contributed by atoms with van der Waals surface area (Å²) >= 11 is 0. The van der Waals surface area contributed by atoms with Gasteiger partial charge in [-0.1, -0.05) is 61.4 Å². The van der Waals surface area contributed by atoms with Crippen LogP contribution >= 0.6 is 0 Å². The second-order valence-electron chi connectivity index (χ2n) is 9.60. The van der Waals surface area contributed by atoms with Crippen LogP contribution in [0.15, 0.2) is 48.5 Å². The molecule has 0 aromatic heterocycles. The van der Waals surface area contributed by atoms with Crippen molar-refractivity contribution in [2.45, 2.75) is 60.0 Å². The summed E-state index contributed by atoms with van der Waals surface area (Å²) in [7, 11) is -3.50. The van der Waals surface area contributed by atoms with Gasteiger partial charge in [0.2, 0.25) is 21.8 Å². The van der Waals surface area contributed by atoms with Crippen LogP contribution in [0.25, 0.3) is 0 Å². The minimum Gasteiger partial charge on any atom is -0.354 e. The fraction of sp³-hybridized carbons (Fsp3) is 0.481. The van der Waals surface area contributed by atoms with Crippen molar-refractivity contribution in [3.05, 3.63) is 65.2 Å². The fourth-order valence-electron chi connectivity index (χ4n) is 3.64. The standard InChI is InChI=1S/C27H39N3O4S/c1-20(2)18-28-27(32)23(5)29(19-24-13-9-21(3)10-14-24)26(31)8-7-17-30(35(6,33)34)25-15-11-22(4)12-16-25/h9-16,20,23H,7-8,17-19H2,1-6H3,(H,28,32). The maximum absolute atomic E-state index is 13.3. The monoisotopic (exact) mass is 501 g/mol. The highest BCUT2D eigenvalue weighted by Gasteiger charge is 2.26. The fourth-order valence-corrected chi connectivity index (χ4v) is 4.61. The molecule has 1 unspecified atom stereocenters. The van der Waals surface area contributed by atoms with Crippen LogP contribution in [0.2, 0.25) is 0 Å². The maximum atomic E-state index is 13.3. The zero-order valence-electron chi connectivity index (χ0n) is 21.7. The van der Waals surface area contributed by atoms with E-state index in [1.807, 2.05) is 64.1 Å². The molecule has 1 atom stereocenters. The topological polar surface area (TPSA) is 86.8 Å². The lowest BCUT2D eigenvalue weighted by Gasteiger charge is -2.29. The van der Waals surface area contributed by atoms with E-state index in [1.54, 1.807) is 24.0 Å². The summed E-state index contributed by atoms with van der Waals surface area (Å²) < 4.78 is 26.1. The molecular weight excluding hydrogens is 462 g/mol. The number of nitrogens with zero attached hydrogens (tertiary/aromatic N) is 2. The number of nitrogens with one attached hydrogen (secondary N) is 1. The van der Waals surface area contributed by atoms with Gasteiger partial charge in [0.05, 0.1) is 11.9 Å². The van der Waals surface area contributed by atoms with Gasteiger partial charge in [-0.25, -0.2) is 8.42 Å². The molecule has 0 aliphatic rings. The Morgan fingerprint density at radius 3 is 1.97 bits per heavy atom. The number of hydrogen-bond donors (Lipinski definition) is 1. The number of carbonyl (C=O) groups is 2. The number of benzene rings is 2. The van der Waals surface area contributed by atoms with Crippen molar-refractivity contribution in [2.75, 3.05) is 23.7 Å². The van der Waals surface area contributed by atoms with Crippen LogP contribution in [0.4, 0.5) is 5.69 Å². The highest BCUT2D eigenvalue weighted by molar-refractivity contribution is 7.92. The molecule has 2 rings (SSSR count). The Morgan fingerprint density at radius 1 is 0.914 bits per heavy atom. The van der Waals surface area contributed by atoms with E-state index >= 15 is 0 Å². The molecule has 0 saturated carbocycles. The van der Waals surface area contributed by atoms with Crippen LogP contribution in [0.1, 0.15) is 50.3 Å². The summed E-state index contributed by atoms with van der Waals surface area (Å²) in [6.07, 6.45) is 1.63. The number of sulfonamides is 1.